The van der Waals surface area contributed by atoms with E-state index in [9.17, 15) is 8.78 Å². The Bertz CT molecular complexity index is 958. The SMILES string of the molecule is CCSc1nc(N[C@@H]2C[C@H]2c2ccc(F)c(F)c2)c2ncn(CC)c2n1. The summed E-state index contributed by atoms with van der Waals surface area (Å²) in [5.74, 6) is 0.106. The van der Waals surface area contributed by atoms with Crippen molar-refractivity contribution >= 4 is 28.7 Å². The number of aryl methyl sites for hydroxylation is 1. The van der Waals surface area contributed by atoms with Crippen molar-refractivity contribution in [3.05, 3.63) is 41.7 Å². The molecule has 0 saturated heterocycles. The van der Waals surface area contributed by atoms with Crippen LogP contribution >= 0.6 is 11.8 Å². The Balaban J connectivity index is 1.61. The second-order valence-electron chi connectivity index (χ2n) is 6.26. The van der Waals surface area contributed by atoms with Crippen LogP contribution in [0.2, 0.25) is 0 Å². The highest BCUT2D eigenvalue weighted by Gasteiger charge is 2.39. The van der Waals surface area contributed by atoms with Gasteiger partial charge in [-0.2, -0.15) is 0 Å². The van der Waals surface area contributed by atoms with Crippen molar-refractivity contribution in [2.45, 2.75) is 43.9 Å². The molecule has 26 heavy (non-hydrogen) atoms. The fourth-order valence-electron chi connectivity index (χ4n) is 3.09. The van der Waals surface area contributed by atoms with Crippen molar-refractivity contribution in [2.24, 2.45) is 0 Å². The van der Waals surface area contributed by atoms with Gasteiger partial charge in [-0.05, 0) is 36.8 Å². The molecular weight excluding hydrogens is 356 g/mol. The zero-order chi connectivity index (χ0) is 18.3. The monoisotopic (exact) mass is 375 g/mol. The Morgan fingerprint density at radius 3 is 2.81 bits per heavy atom. The minimum absolute atomic E-state index is 0.129. The molecule has 1 aliphatic rings. The summed E-state index contributed by atoms with van der Waals surface area (Å²) in [4.78, 5) is 13.7. The van der Waals surface area contributed by atoms with Crippen LogP contribution in [0.15, 0.2) is 29.7 Å². The third-order valence-electron chi connectivity index (χ3n) is 4.54. The number of nitrogens with zero attached hydrogens (tertiary/aromatic N) is 4. The molecule has 8 heteroatoms. The molecule has 2 atom stereocenters. The maximum Gasteiger partial charge on any atom is 0.191 e. The molecule has 2 aromatic heterocycles. The van der Waals surface area contributed by atoms with Gasteiger partial charge in [0.25, 0.3) is 0 Å². The van der Waals surface area contributed by atoms with E-state index in [4.69, 9.17) is 0 Å². The Labute approximate surface area is 154 Å². The van der Waals surface area contributed by atoms with Gasteiger partial charge in [0, 0.05) is 18.5 Å². The fourth-order valence-corrected chi connectivity index (χ4v) is 3.66. The molecule has 4 rings (SSSR count). The Morgan fingerprint density at radius 1 is 1.23 bits per heavy atom. The molecule has 1 fully saturated rings. The highest BCUT2D eigenvalue weighted by atomic mass is 32.2. The van der Waals surface area contributed by atoms with Gasteiger partial charge in [0.15, 0.2) is 33.8 Å². The number of anilines is 1. The van der Waals surface area contributed by atoms with Gasteiger partial charge in [0.2, 0.25) is 0 Å². The molecule has 0 spiro atoms. The first kappa shape index (κ1) is 17.2. The van der Waals surface area contributed by atoms with Gasteiger partial charge in [0.05, 0.1) is 6.33 Å². The largest absolute Gasteiger partial charge is 0.365 e. The molecular formula is C18H19F2N5S. The number of rotatable bonds is 6. The van der Waals surface area contributed by atoms with Crippen LogP contribution < -0.4 is 5.32 Å². The summed E-state index contributed by atoms with van der Waals surface area (Å²) < 4.78 is 28.6. The van der Waals surface area contributed by atoms with Gasteiger partial charge in [0.1, 0.15) is 0 Å². The van der Waals surface area contributed by atoms with Crippen LogP contribution in [0.4, 0.5) is 14.6 Å². The van der Waals surface area contributed by atoms with E-state index in [2.05, 4.69) is 27.2 Å². The van der Waals surface area contributed by atoms with E-state index in [1.165, 1.54) is 12.1 Å². The zero-order valence-corrected chi connectivity index (χ0v) is 15.4. The summed E-state index contributed by atoms with van der Waals surface area (Å²) in [7, 11) is 0. The first-order valence-electron chi connectivity index (χ1n) is 8.67. The van der Waals surface area contributed by atoms with Crippen molar-refractivity contribution in [1.82, 2.24) is 19.5 Å². The Morgan fingerprint density at radius 2 is 2.08 bits per heavy atom. The third-order valence-corrected chi connectivity index (χ3v) is 5.27. The number of benzene rings is 1. The van der Waals surface area contributed by atoms with Gasteiger partial charge < -0.3 is 9.88 Å². The van der Waals surface area contributed by atoms with E-state index >= 15 is 0 Å². The van der Waals surface area contributed by atoms with Gasteiger partial charge >= 0.3 is 0 Å². The number of halogens is 2. The number of nitrogens with one attached hydrogen (secondary N) is 1. The van der Waals surface area contributed by atoms with Crippen LogP contribution in [-0.4, -0.2) is 31.3 Å². The minimum atomic E-state index is -0.817. The van der Waals surface area contributed by atoms with Crippen molar-refractivity contribution in [2.75, 3.05) is 11.1 Å². The van der Waals surface area contributed by atoms with Gasteiger partial charge in [-0.15, -0.1) is 0 Å². The van der Waals surface area contributed by atoms with E-state index < -0.39 is 11.6 Å². The molecule has 0 unspecified atom stereocenters. The van der Waals surface area contributed by atoms with Crippen molar-refractivity contribution in [3.8, 4) is 0 Å². The van der Waals surface area contributed by atoms with Gasteiger partial charge in [-0.25, -0.2) is 23.7 Å². The molecule has 0 amide bonds. The van der Waals surface area contributed by atoms with E-state index in [1.54, 1.807) is 24.2 Å². The molecule has 3 aromatic rings. The lowest BCUT2D eigenvalue weighted by molar-refractivity contribution is 0.507. The highest BCUT2D eigenvalue weighted by Crippen LogP contribution is 2.43. The van der Waals surface area contributed by atoms with Crippen LogP contribution in [0.25, 0.3) is 11.2 Å². The van der Waals surface area contributed by atoms with Gasteiger partial charge in [-0.3, -0.25) is 0 Å². The Kier molecular flexibility index (Phi) is 4.52. The van der Waals surface area contributed by atoms with E-state index in [1.807, 2.05) is 11.5 Å². The molecule has 1 saturated carbocycles. The lowest BCUT2D eigenvalue weighted by Gasteiger charge is -2.09. The van der Waals surface area contributed by atoms with Gasteiger partial charge in [-0.1, -0.05) is 24.8 Å². The molecule has 0 radical (unpaired) electrons. The molecule has 0 aliphatic heterocycles. The molecule has 136 valence electrons. The molecule has 1 aliphatic carbocycles. The van der Waals surface area contributed by atoms with E-state index in [-0.39, 0.29) is 12.0 Å². The molecule has 2 heterocycles. The number of hydrogen-bond donors (Lipinski definition) is 1. The summed E-state index contributed by atoms with van der Waals surface area (Å²) in [6, 6.07) is 4.23. The molecule has 1 N–H and O–H groups in total. The van der Waals surface area contributed by atoms with Crippen LogP contribution in [-0.2, 0) is 6.54 Å². The number of hydrogen-bond acceptors (Lipinski definition) is 5. The number of thioether (sulfide) groups is 1. The lowest BCUT2D eigenvalue weighted by Crippen LogP contribution is -2.08. The average molecular weight is 375 g/mol. The van der Waals surface area contributed by atoms with Crippen LogP contribution in [0.1, 0.15) is 31.7 Å². The summed E-state index contributed by atoms with van der Waals surface area (Å²) in [5.41, 5.74) is 2.35. The molecule has 1 aromatic carbocycles. The summed E-state index contributed by atoms with van der Waals surface area (Å²) in [6.07, 6.45) is 2.62. The predicted molar refractivity (Wildman–Crippen MR) is 98.5 cm³/mol. The number of imidazole rings is 1. The fraction of sp³-hybridized carbons (Fsp3) is 0.389. The van der Waals surface area contributed by atoms with E-state index in [0.717, 1.165) is 35.4 Å². The molecule has 5 nitrogen and oxygen atoms in total. The minimum Gasteiger partial charge on any atom is -0.365 e. The normalized spacial score (nSPS) is 19.1. The predicted octanol–water partition coefficient (Wildman–Crippen LogP) is 4.20. The number of fused-ring (bicyclic) bond motifs is 1. The van der Waals surface area contributed by atoms with Crippen LogP contribution in [0.3, 0.4) is 0 Å². The van der Waals surface area contributed by atoms with Crippen molar-refractivity contribution in [1.29, 1.82) is 0 Å². The average Bonchev–Trinajstić information content (AvgIpc) is 3.26. The quantitative estimate of drug-likeness (QED) is 0.517. The first-order chi connectivity index (χ1) is 12.6. The van der Waals surface area contributed by atoms with Crippen molar-refractivity contribution in [3.63, 3.8) is 0 Å². The first-order valence-corrected chi connectivity index (χ1v) is 9.66. The standard InChI is InChI=1S/C18H19F2N5S/c1-3-25-9-21-15-16(23-18(26-4-2)24-17(15)25)22-14-8-11(14)10-5-6-12(19)13(20)7-10/h5-7,9,11,14H,3-4,8H2,1-2H3,(H,22,23,24)/t11-,14+/m0/s1. The highest BCUT2D eigenvalue weighted by molar-refractivity contribution is 7.99. The van der Waals surface area contributed by atoms with E-state index in [0.29, 0.717) is 11.0 Å². The summed E-state index contributed by atoms with van der Waals surface area (Å²) in [5, 5.41) is 4.13. The molecule has 0 bridgehead atoms. The Hall–Kier alpha value is -2.22. The van der Waals surface area contributed by atoms with Crippen LogP contribution in [0.5, 0.6) is 0 Å². The second-order valence-corrected chi connectivity index (χ2v) is 7.49. The maximum atomic E-state index is 13.5. The second kappa shape index (κ2) is 6.83. The third kappa shape index (κ3) is 3.13. The van der Waals surface area contributed by atoms with Crippen molar-refractivity contribution < 1.29 is 8.78 Å². The number of aromatic nitrogens is 4. The summed E-state index contributed by atoms with van der Waals surface area (Å²) >= 11 is 1.58. The van der Waals surface area contributed by atoms with Crippen LogP contribution in [0, 0.1) is 11.6 Å². The smallest absolute Gasteiger partial charge is 0.191 e. The maximum absolute atomic E-state index is 13.5. The zero-order valence-electron chi connectivity index (χ0n) is 14.5. The lowest BCUT2D eigenvalue weighted by atomic mass is 10.1. The topological polar surface area (TPSA) is 55.6 Å². The summed E-state index contributed by atoms with van der Waals surface area (Å²) in [6.45, 7) is 4.88.